The molecule has 1 aromatic heterocycles. The van der Waals surface area contributed by atoms with Gasteiger partial charge in [-0.2, -0.15) is 0 Å². The van der Waals surface area contributed by atoms with Gasteiger partial charge in [0.05, 0.1) is 0 Å². The number of nitrogens with zero attached hydrogens (tertiary/aromatic N) is 3. The summed E-state index contributed by atoms with van der Waals surface area (Å²) in [6, 6.07) is 1.81. The molecule has 0 radical (unpaired) electrons. The van der Waals surface area contributed by atoms with Gasteiger partial charge >= 0.3 is 0 Å². The zero-order chi connectivity index (χ0) is 9.10. The number of hydrogen-bond acceptors (Lipinski definition) is 4. The van der Waals surface area contributed by atoms with Crippen LogP contribution in [0.2, 0.25) is 0 Å². The van der Waals surface area contributed by atoms with Crippen molar-refractivity contribution >= 4 is 5.95 Å². The van der Waals surface area contributed by atoms with E-state index in [-0.39, 0.29) is 6.61 Å². The van der Waals surface area contributed by atoms with E-state index in [0.717, 1.165) is 25.5 Å². The molecular weight excluding hydrogens is 166 g/mol. The molecule has 2 heterocycles. The third kappa shape index (κ3) is 1.78. The van der Waals surface area contributed by atoms with Crippen LogP contribution in [0.5, 0.6) is 0 Å². The maximum absolute atomic E-state index is 8.96. The van der Waals surface area contributed by atoms with Crippen LogP contribution in [-0.2, 0) is 0 Å². The topological polar surface area (TPSA) is 49.2 Å². The van der Waals surface area contributed by atoms with Crippen LogP contribution in [0.4, 0.5) is 5.95 Å². The molecule has 13 heavy (non-hydrogen) atoms. The molecule has 0 bridgehead atoms. The van der Waals surface area contributed by atoms with Gasteiger partial charge in [0.15, 0.2) is 0 Å². The van der Waals surface area contributed by atoms with Crippen molar-refractivity contribution in [3.8, 4) is 0 Å². The minimum absolute atomic E-state index is 0.267. The van der Waals surface area contributed by atoms with Crippen LogP contribution in [0.15, 0.2) is 18.5 Å². The number of aromatic nitrogens is 2. The van der Waals surface area contributed by atoms with Crippen LogP contribution < -0.4 is 4.90 Å². The molecule has 1 unspecified atom stereocenters. The largest absolute Gasteiger partial charge is 0.396 e. The molecule has 0 spiro atoms. The first-order valence-corrected chi connectivity index (χ1v) is 4.53. The lowest BCUT2D eigenvalue weighted by atomic mass is 10.1. The van der Waals surface area contributed by atoms with Gasteiger partial charge in [-0.05, 0) is 12.5 Å². The van der Waals surface area contributed by atoms with Crippen molar-refractivity contribution in [2.75, 3.05) is 24.6 Å². The molecule has 1 saturated heterocycles. The zero-order valence-electron chi connectivity index (χ0n) is 7.43. The van der Waals surface area contributed by atoms with Crippen molar-refractivity contribution in [1.29, 1.82) is 0 Å². The first-order valence-electron chi connectivity index (χ1n) is 4.53. The summed E-state index contributed by atoms with van der Waals surface area (Å²) in [5, 5.41) is 8.96. The first-order chi connectivity index (χ1) is 6.40. The van der Waals surface area contributed by atoms with Crippen LogP contribution in [0, 0.1) is 5.92 Å². The van der Waals surface area contributed by atoms with Crippen molar-refractivity contribution in [3.63, 3.8) is 0 Å². The molecule has 1 aliphatic heterocycles. The Morgan fingerprint density at radius 2 is 2.23 bits per heavy atom. The summed E-state index contributed by atoms with van der Waals surface area (Å²) in [6.07, 6.45) is 4.53. The van der Waals surface area contributed by atoms with E-state index >= 15 is 0 Å². The molecule has 1 aliphatic rings. The highest BCUT2D eigenvalue weighted by molar-refractivity contribution is 5.30. The predicted octanol–water partition coefficient (Wildman–Crippen LogP) is 0.295. The summed E-state index contributed by atoms with van der Waals surface area (Å²) in [4.78, 5) is 10.4. The highest BCUT2D eigenvalue weighted by Gasteiger charge is 2.22. The summed E-state index contributed by atoms with van der Waals surface area (Å²) in [7, 11) is 0. The number of rotatable bonds is 2. The minimum Gasteiger partial charge on any atom is -0.396 e. The molecule has 0 aromatic carbocycles. The third-order valence-corrected chi connectivity index (χ3v) is 2.38. The number of aliphatic hydroxyl groups is 1. The maximum Gasteiger partial charge on any atom is 0.225 e. The van der Waals surface area contributed by atoms with Crippen LogP contribution >= 0.6 is 0 Å². The van der Waals surface area contributed by atoms with Crippen molar-refractivity contribution in [3.05, 3.63) is 18.5 Å². The van der Waals surface area contributed by atoms with E-state index in [1.54, 1.807) is 12.4 Å². The molecule has 4 nitrogen and oxygen atoms in total. The van der Waals surface area contributed by atoms with Crippen molar-refractivity contribution < 1.29 is 5.11 Å². The molecule has 2 rings (SSSR count). The summed E-state index contributed by atoms with van der Waals surface area (Å²) < 4.78 is 0. The fourth-order valence-electron chi connectivity index (χ4n) is 1.62. The molecule has 0 saturated carbocycles. The highest BCUT2D eigenvalue weighted by atomic mass is 16.3. The Labute approximate surface area is 77.2 Å². The van der Waals surface area contributed by atoms with Gasteiger partial charge in [0, 0.05) is 38.0 Å². The number of aliphatic hydroxyl groups excluding tert-OH is 1. The van der Waals surface area contributed by atoms with E-state index in [1.165, 1.54) is 0 Å². The van der Waals surface area contributed by atoms with Gasteiger partial charge in [0.1, 0.15) is 0 Å². The quantitative estimate of drug-likeness (QED) is 0.709. The zero-order valence-corrected chi connectivity index (χ0v) is 7.43. The summed E-state index contributed by atoms with van der Waals surface area (Å²) >= 11 is 0. The number of anilines is 1. The van der Waals surface area contributed by atoms with E-state index in [2.05, 4.69) is 14.9 Å². The second-order valence-electron chi connectivity index (χ2n) is 3.33. The van der Waals surface area contributed by atoms with Crippen LogP contribution in [0.25, 0.3) is 0 Å². The monoisotopic (exact) mass is 179 g/mol. The predicted molar refractivity (Wildman–Crippen MR) is 49.4 cm³/mol. The van der Waals surface area contributed by atoms with Gasteiger partial charge in [-0.25, -0.2) is 9.97 Å². The van der Waals surface area contributed by atoms with Gasteiger partial charge in [-0.3, -0.25) is 0 Å². The van der Waals surface area contributed by atoms with Crippen molar-refractivity contribution in [2.24, 2.45) is 5.92 Å². The first kappa shape index (κ1) is 8.44. The van der Waals surface area contributed by atoms with Crippen LogP contribution in [-0.4, -0.2) is 34.8 Å². The summed E-state index contributed by atoms with van der Waals surface area (Å²) in [5.41, 5.74) is 0. The molecule has 0 aliphatic carbocycles. The average molecular weight is 179 g/mol. The second kappa shape index (κ2) is 3.70. The Morgan fingerprint density at radius 1 is 1.46 bits per heavy atom. The molecule has 0 amide bonds. The van der Waals surface area contributed by atoms with E-state index < -0.39 is 0 Å². The molecule has 1 aromatic rings. The lowest BCUT2D eigenvalue weighted by molar-refractivity contribution is 0.238. The van der Waals surface area contributed by atoms with Crippen molar-refractivity contribution in [2.45, 2.75) is 6.42 Å². The molecule has 70 valence electrons. The fraction of sp³-hybridized carbons (Fsp3) is 0.556. The van der Waals surface area contributed by atoms with Crippen LogP contribution in [0.3, 0.4) is 0 Å². The summed E-state index contributed by atoms with van der Waals surface area (Å²) in [5.74, 6) is 1.17. The van der Waals surface area contributed by atoms with E-state index in [1.807, 2.05) is 6.07 Å². The van der Waals surface area contributed by atoms with Crippen molar-refractivity contribution in [1.82, 2.24) is 9.97 Å². The van der Waals surface area contributed by atoms with E-state index in [0.29, 0.717) is 5.92 Å². The maximum atomic E-state index is 8.96. The molecule has 1 N–H and O–H groups in total. The SMILES string of the molecule is OCC1CCN(c2ncccn2)C1. The molecule has 1 atom stereocenters. The molecular formula is C9H13N3O. The van der Waals surface area contributed by atoms with Gasteiger partial charge in [0.25, 0.3) is 0 Å². The van der Waals surface area contributed by atoms with Gasteiger partial charge in [-0.1, -0.05) is 0 Å². The number of hydrogen-bond donors (Lipinski definition) is 1. The Kier molecular flexibility index (Phi) is 2.40. The minimum atomic E-state index is 0.267. The molecule has 4 heteroatoms. The normalized spacial score (nSPS) is 22.2. The Balaban J connectivity index is 2.04. The highest BCUT2D eigenvalue weighted by Crippen LogP contribution is 2.19. The Bertz CT molecular complexity index is 265. The Hall–Kier alpha value is -1.16. The van der Waals surface area contributed by atoms with Gasteiger partial charge in [-0.15, -0.1) is 0 Å². The summed E-state index contributed by atoms with van der Waals surface area (Å²) in [6.45, 7) is 2.10. The van der Waals surface area contributed by atoms with Gasteiger partial charge in [0.2, 0.25) is 5.95 Å². The fourth-order valence-corrected chi connectivity index (χ4v) is 1.62. The van der Waals surface area contributed by atoms with E-state index in [4.69, 9.17) is 5.11 Å². The third-order valence-electron chi connectivity index (χ3n) is 2.38. The Morgan fingerprint density at radius 3 is 2.85 bits per heavy atom. The van der Waals surface area contributed by atoms with Crippen LogP contribution in [0.1, 0.15) is 6.42 Å². The molecule has 1 fully saturated rings. The lowest BCUT2D eigenvalue weighted by Crippen LogP contribution is -2.22. The smallest absolute Gasteiger partial charge is 0.225 e. The second-order valence-corrected chi connectivity index (χ2v) is 3.33. The lowest BCUT2D eigenvalue weighted by Gasteiger charge is -2.14. The standard InChI is InChI=1S/C9H13N3O/c13-7-8-2-5-12(6-8)9-10-3-1-4-11-9/h1,3-4,8,13H,2,5-7H2. The average Bonchev–Trinajstić information content (AvgIpc) is 2.67. The van der Waals surface area contributed by atoms with Gasteiger partial charge < -0.3 is 10.0 Å². The van der Waals surface area contributed by atoms with E-state index in [9.17, 15) is 0 Å².